The minimum absolute atomic E-state index is 0.0124. The number of hydrogen-bond acceptors (Lipinski definition) is 8. The molecule has 0 aliphatic carbocycles. The fourth-order valence-electron chi connectivity index (χ4n) is 3.64. The van der Waals surface area contributed by atoms with E-state index in [4.69, 9.17) is 9.47 Å². The van der Waals surface area contributed by atoms with E-state index in [1.165, 1.54) is 0 Å². The summed E-state index contributed by atoms with van der Waals surface area (Å²) >= 11 is 0. The Balaban J connectivity index is 1.25. The van der Waals surface area contributed by atoms with E-state index in [1.807, 2.05) is 42.5 Å². The number of aromatic nitrogens is 5. The number of tetrazole rings is 1. The van der Waals surface area contributed by atoms with Crippen LogP contribution in [0.4, 0.5) is 11.6 Å². The maximum absolute atomic E-state index is 6.16. The lowest BCUT2D eigenvalue weighted by Gasteiger charge is -2.20. The molecule has 2 aromatic heterocycles. The average molecular weight is 379 g/mol. The maximum atomic E-state index is 6.16. The number of benzene rings is 1. The van der Waals surface area contributed by atoms with Crippen molar-refractivity contribution in [1.82, 2.24) is 25.2 Å². The van der Waals surface area contributed by atoms with E-state index in [0.717, 1.165) is 11.4 Å². The van der Waals surface area contributed by atoms with Crippen molar-refractivity contribution in [1.29, 1.82) is 0 Å². The van der Waals surface area contributed by atoms with E-state index in [-0.39, 0.29) is 18.2 Å². The van der Waals surface area contributed by atoms with Crippen LogP contribution in [0.5, 0.6) is 0 Å². The van der Waals surface area contributed by atoms with Gasteiger partial charge in [0.1, 0.15) is 12.2 Å². The molecule has 0 bridgehead atoms. The Kier molecular flexibility index (Phi) is 4.59. The van der Waals surface area contributed by atoms with Crippen LogP contribution in [0.25, 0.3) is 5.69 Å². The van der Waals surface area contributed by atoms with Crippen molar-refractivity contribution in [3.05, 3.63) is 54.9 Å². The first kappa shape index (κ1) is 17.1. The molecule has 2 aliphatic rings. The maximum Gasteiger partial charge on any atom is 0.250 e. The van der Waals surface area contributed by atoms with Gasteiger partial charge < -0.3 is 19.7 Å². The van der Waals surface area contributed by atoms with Gasteiger partial charge >= 0.3 is 0 Å². The molecule has 0 unspecified atom stereocenters. The summed E-state index contributed by atoms with van der Waals surface area (Å²) in [5, 5.41) is 15.6. The number of ether oxygens (including phenoxy) is 2. The van der Waals surface area contributed by atoms with Gasteiger partial charge in [-0.3, -0.25) is 4.98 Å². The van der Waals surface area contributed by atoms with Gasteiger partial charge in [0.25, 0.3) is 5.95 Å². The number of pyridine rings is 1. The number of nitrogens with one attached hydrogen (secondary N) is 1. The molecule has 9 heteroatoms. The molecule has 0 saturated carbocycles. The van der Waals surface area contributed by atoms with Gasteiger partial charge in [-0.05, 0) is 34.7 Å². The normalized spacial score (nSPS) is 22.6. The monoisotopic (exact) mass is 379 g/mol. The molecule has 28 heavy (non-hydrogen) atoms. The second kappa shape index (κ2) is 7.53. The van der Waals surface area contributed by atoms with Gasteiger partial charge in [-0.2, -0.15) is 4.68 Å². The minimum atomic E-state index is -0.0124. The van der Waals surface area contributed by atoms with E-state index in [1.54, 1.807) is 17.1 Å². The van der Waals surface area contributed by atoms with E-state index < -0.39 is 0 Å². The molecule has 4 heterocycles. The molecule has 1 aromatic carbocycles. The summed E-state index contributed by atoms with van der Waals surface area (Å²) in [5.74, 6) is 0.705. The summed E-state index contributed by atoms with van der Waals surface area (Å²) in [6, 6.07) is 13.9. The number of anilines is 2. The SMILES string of the molecule is c1ccc(-n2nnnc2N2C[C@@H]3OCC(Nc4cccnc4)CO[C@H]3C2)cc1. The van der Waals surface area contributed by atoms with E-state index in [9.17, 15) is 0 Å². The Morgan fingerprint density at radius 1 is 0.964 bits per heavy atom. The van der Waals surface area contributed by atoms with Gasteiger partial charge in [0, 0.05) is 25.5 Å². The Bertz CT molecular complexity index is 889. The Morgan fingerprint density at radius 2 is 1.75 bits per heavy atom. The zero-order chi connectivity index (χ0) is 18.8. The third-order valence-electron chi connectivity index (χ3n) is 5.01. The van der Waals surface area contributed by atoms with Gasteiger partial charge in [-0.1, -0.05) is 23.3 Å². The van der Waals surface area contributed by atoms with Crippen LogP contribution < -0.4 is 10.2 Å². The van der Waals surface area contributed by atoms with Crippen LogP contribution in [0.15, 0.2) is 54.9 Å². The fourth-order valence-corrected chi connectivity index (χ4v) is 3.64. The van der Waals surface area contributed by atoms with E-state index in [2.05, 4.69) is 30.7 Å². The Morgan fingerprint density at radius 3 is 2.46 bits per heavy atom. The first-order chi connectivity index (χ1) is 13.9. The molecule has 144 valence electrons. The highest BCUT2D eigenvalue weighted by Gasteiger charge is 2.39. The third-order valence-corrected chi connectivity index (χ3v) is 5.01. The molecule has 9 nitrogen and oxygen atoms in total. The minimum Gasteiger partial charge on any atom is -0.376 e. The predicted octanol–water partition coefficient (Wildman–Crippen LogP) is 1.14. The van der Waals surface area contributed by atoms with Gasteiger partial charge in [-0.25, -0.2) is 0 Å². The van der Waals surface area contributed by atoms with Gasteiger partial charge in [0.15, 0.2) is 0 Å². The summed E-state index contributed by atoms with van der Waals surface area (Å²) < 4.78 is 14.1. The second-order valence-electron chi connectivity index (χ2n) is 6.96. The zero-order valence-corrected chi connectivity index (χ0v) is 15.3. The van der Waals surface area contributed by atoms with Crippen LogP contribution >= 0.6 is 0 Å². The summed E-state index contributed by atoms with van der Waals surface area (Å²) in [6.45, 7) is 2.54. The Hall–Kier alpha value is -3.04. The van der Waals surface area contributed by atoms with Crippen LogP contribution in [0.2, 0.25) is 0 Å². The zero-order valence-electron chi connectivity index (χ0n) is 15.3. The van der Waals surface area contributed by atoms with Crippen LogP contribution in [0.1, 0.15) is 0 Å². The highest BCUT2D eigenvalue weighted by Crippen LogP contribution is 2.26. The molecule has 3 aromatic rings. The molecular weight excluding hydrogens is 358 g/mol. The fraction of sp³-hybridized carbons (Fsp3) is 0.368. The van der Waals surface area contributed by atoms with Gasteiger partial charge in [0.05, 0.1) is 30.6 Å². The van der Waals surface area contributed by atoms with Crippen LogP contribution in [0.3, 0.4) is 0 Å². The van der Waals surface area contributed by atoms with Crippen LogP contribution in [0, 0.1) is 0 Å². The topological polar surface area (TPSA) is 90.2 Å². The van der Waals surface area contributed by atoms with E-state index >= 15 is 0 Å². The molecule has 2 fully saturated rings. The number of para-hydroxylation sites is 1. The highest BCUT2D eigenvalue weighted by atomic mass is 16.6. The van der Waals surface area contributed by atoms with Crippen molar-refractivity contribution in [3.8, 4) is 5.69 Å². The molecule has 0 radical (unpaired) electrons. The summed E-state index contributed by atoms with van der Waals surface area (Å²) in [6.07, 6.45) is 3.53. The van der Waals surface area contributed by atoms with Crippen molar-refractivity contribution in [2.75, 3.05) is 36.5 Å². The molecular formula is C19H21N7O2. The lowest BCUT2D eigenvalue weighted by atomic mass is 10.3. The molecule has 2 atom stereocenters. The average Bonchev–Trinajstić information content (AvgIpc) is 3.35. The standard InChI is InChI=1S/C19H21N7O2/c1-2-6-16(7-3-1)26-19(22-23-24-26)25-10-17-18(11-25)28-13-15(12-27-17)21-14-5-4-8-20-9-14/h1-9,15,17-18,21H,10-13H2/t17-,18-/m0/s1. The smallest absolute Gasteiger partial charge is 0.250 e. The molecule has 5 rings (SSSR count). The summed E-state index contributed by atoms with van der Waals surface area (Å²) in [5.41, 5.74) is 1.90. The van der Waals surface area contributed by atoms with Crippen molar-refractivity contribution in [2.24, 2.45) is 0 Å². The first-order valence-electron chi connectivity index (χ1n) is 9.35. The van der Waals surface area contributed by atoms with Crippen molar-refractivity contribution in [2.45, 2.75) is 18.2 Å². The highest BCUT2D eigenvalue weighted by molar-refractivity contribution is 5.42. The lowest BCUT2D eigenvalue weighted by Crippen LogP contribution is -2.31. The number of fused-ring (bicyclic) bond motifs is 1. The number of hydrogen-bond donors (Lipinski definition) is 1. The molecule has 0 spiro atoms. The van der Waals surface area contributed by atoms with Gasteiger partial charge in [0.2, 0.25) is 0 Å². The molecule has 1 N–H and O–H groups in total. The second-order valence-corrected chi connectivity index (χ2v) is 6.96. The number of rotatable bonds is 4. The lowest BCUT2D eigenvalue weighted by molar-refractivity contribution is -0.00461. The molecule has 2 saturated heterocycles. The quantitative estimate of drug-likeness (QED) is 0.722. The van der Waals surface area contributed by atoms with E-state index in [0.29, 0.717) is 32.3 Å². The largest absolute Gasteiger partial charge is 0.376 e. The third kappa shape index (κ3) is 3.41. The first-order valence-corrected chi connectivity index (χ1v) is 9.35. The molecule has 2 aliphatic heterocycles. The van der Waals surface area contributed by atoms with Crippen molar-refractivity contribution < 1.29 is 9.47 Å². The van der Waals surface area contributed by atoms with Crippen molar-refractivity contribution >= 4 is 11.6 Å². The van der Waals surface area contributed by atoms with Crippen LogP contribution in [-0.4, -0.2) is 69.7 Å². The predicted molar refractivity (Wildman–Crippen MR) is 102 cm³/mol. The number of nitrogens with zero attached hydrogens (tertiary/aromatic N) is 6. The van der Waals surface area contributed by atoms with Crippen molar-refractivity contribution in [3.63, 3.8) is 0 Å². The molecule has 0 amide bonds. The van der Waals surface area contributed by atoms with Crippen LogP contribution in [-0.2, 0) is 9.47 Å². The van der Waals surface area contributed by atoms with Gasteiger partial charge in [-0.15, -0.1) is 0 Å². The Labute approximate surface area is 162 Å². The summed E-state index contributed by atoms with van der Waals surface area (Å²) in [4.78, 5) is 6.25. The summed E-state index contributed by atoms with van der Waals surface area (Å²) in [7, 11) is 0.